The van der Waals surface area contributed by atoms with Crippen LogP contribution >= 0.6 is 0 Å². The molecule has 0 N–H and O–H groups in total. The lowest BCUT2D eigenvalue weighted by atomic mass is 9.64. The van der Waals surface area contributed by atoms with Gasteiger partial charge in [0.2, 0.25) is 0 Å². The lowest BCUT2D eigenvalue weighted by Crippen LogP contribution is -2.34. The fourth-order valence-electron chi connectivity index (χ4n) is 2.90. The van der Waals surface area contributed by atoms with E-state index in [0.29, 0.717) is 0 Å². The van der Waals surface area contributed by atoms with Crippen molar-refractivity contribution in [1.82, 2.24) is 0 Å². The van der Waals surface area contributed by atoms with Gasteiger partial charge in [0.05, 0.1) is 0 Å². The molecular formula is C20H34. The van der Waals surface area contributed by atoms with Gasteiger partial charge in [-0.2, -0.15) is 0 Å². The van der Waals surface area contributed by atoms with Crippen LogP contribution < -0.4 is 0 Å². The molecule has 1 aromatic rings. The van der Waals surface area contributed by atoms with E-state index in [1.54, 1.807) is 0 Å². The molecule has 0 aliphatic heterocycles. The molecule has 0 unspecified atom stereocenters. The van der Waals surface area contributed by atoms with Crippen molar-refractivity contribution in [3.63, 3.8) is 0 Å². The van der Waals surface area contributed by atoms with Gasteiger partial charge in [-0.05, 0) is 39.7 Å². The molecular weight excluding hydrogens is 240 g/mol. The van der Waals surface area contributed by atoms with Crippen LogP contribution in [-0.2, 0) is 10.8 Å². The fourth-order valence-corrected chi connectivity index (χ4v) is 2.90. The Morgan fingerprint density at radius 2 is 1.35 bits per heavy atom. The van der Waals surface area contributed by atoms with Crippen LogP contribution in [0, 0.1) is 11.3 Å². The Hall–Kier alpha value is -0.780. The summed E-state index contributed by atoms with van der Waals surface area (Å²) in [6.45, 7) is 21.1. The van der Waals surface area contributed by atoms with E-state index in [4.69, 9.17) is 0 Å². The van der Waals surface area contributed by atoms with Crippen molar-refractivity contribution in [1.29, 1.82) is 0 Å². The van der Waals surface area contributed by atoms with Crippen LogP contribution in [0.4, 0.5) is 0 Å². The van der Waals surface area contributed by atoms with Crippen LogP contribution in [0.3, 0.4) is 0 Å². The summed E-state index contributed by atoms with van der Waals surface area (Å²) in [5.74, 6) is 0.726. The molecule has 114 valence electrons. The molecule has 0 amide bonds. The van der Waals surface area contributed by atoms with Gasteiger partial charge >= 0.3 is 0 Å². The van der Waals surface area contributed by atoms with Crippen LogP contribution in [0.2, 0.25) is 0 Å². The van der Waals surface area contributed by atoms with Crippen molar-refractivity contribution in [2.75, 3.05) is 0 Å². The van der Waals surface area contributed by atoms with Crippen molar-refractivity contribution < 1.29 is 0 Å². The van der Waals surface area contributed by atoms with Crippen molar-refractivity contribution >= 4 is 0 Å². The van der Waals surface area contributed by atoms with Crippen molar-refractivity contribution in [2.24, 2.45) is 11.3 Å². The molecule has 0 atom stereocenters. The zero-order valence-corrected chi connectivity index (χ0v) is 15.1. The van der Waals surface area contributed by atoms with Gasteiger partial charge in [-0.1, -0.05) is 86.6 Å². The zero-order chi connectivity index (χ0) is 15.8. The summed E-state index contributed by atoms with van der Waals surface area (Å²) < 4.78 is 0. The summed E-state index contributed by atoms with van der Waals surface area (Å²) >= 11 is 0. The molecule has 0 aliphatic carbocycles. The summed E-state index contributed by atoms with van der Waals surface area (Å²) in [4.78, 5) is 0. The topological polar surface area (TPSA) is 0 Å². The lowest BCUT2D eigenvalue weighted by molar-refractivity contribution is 0.225. The van der Waals surface area contributed by atoms with Crippen LogP contribution in [0.5, 0.6) is 0 Å². The van der Waals surface area contributed by atoms with Crippen LogP contribution in [0.1, 0.15) is 79.9 Å². The molecule has 1 rings (SSSR count). The quantitative estimate of drug-likeness (QED) is 0.601. The summed E-state index contributed by atoms with van der Waals surface area (Å²) in [5.41, 5.74) is 3.61. The van der Waals surface area contributed by atoms with Gasteiger partial charge in [0.1, 0.15) is 0 Å². The Bertz CT molecular complexity index is 441. The first-order valence-electron chi connectivity index (χ1n) is 7.99. The Balaban J connectivity index is 3.21. The zero-order valence-electron chi connectivity index (χ0n) is 15.1. The summed E-state index contributed by atoms with van der Waals surface area (Å²) in [6, 6.07) is 9.26. The van der Waals surface area contributed by atoms with E-state index in [-0.39, 0.29) is 16.2 Å². The maximum atomic E-state index is 2.44. The first-order chi connectivity index (χ1) is 8.88. The van der Waals surface area contributed by atoms with E-state index in [1.165, 1.54) is 17.5 Å². The minimum atomic E-state index is 0.178. The number of benzene rings is 1. The third-order valence-corrected chi connectivity index (χ3v) is 5.16. The van der Waals surface area contributed by atoms with Gasteiger partial charge in [0.25, 0.3) is 0 Å². The van der Waals surface area contributed by atoms with E-state index >= 15 is 0 Å². The van der Waals surface area contributed by atoms with Gasteiger partial charge in [-0.15, -0.1) is 0 Å². The number of hydrogen-bond donors (Lipinski definition) is 0. The summed E-state index contributed by atoms with van der Waals surface area (Å²) in [6.07, 6.45) is 1.23. The average molecular weight is 274 g/mol. The molecule has 0 aromatic heterocycles. The fraction of sp³-hybridized carbons (Fsp3) is 0.700. The van der Waals surface area contributed by atoms with E-state index in [0.717, 1.165) is 5.92 Å². The molecule has 0 fully saturated rings. The monoisotopic (exact) mass is 274 g/mol. The molecule has 0 heterocycles. The van der Waals surface area contributed by atoms with E-state index in [9.17, 15) is 0 Å². The molecule has 0 bridgehead atoms. The second kappa shape index (κ2) is 5.54. The Morgan fingerprint density at radius 3 is 1.80 bits per heavy atom. The average Bonchev–Trinajstić information content (AvgIpc) is 2.26. The molecule has 0 saturated carbocycles. The highest BCUT2D eigenvalue weighted by molar-refractivity contribution is 5.34. The summed E-state index contributed by atoms with van der Waals surface area (Å²) in [5, 5.41) is 0. The van der Waals surface area contributed by atoms with E-state index in [2.05, 4.69) is 86.6 Å². The van der Waals surface area contributed by atoms with Crippen LogP contribution in [0.25, 0.3) is 0 Å². The Kier molecular flexibility index (Phi) is 4.79. The molecule has 0 heteroatoms. The number of hydrogen-bond acceptors (Lipinski definition) is 0. The second-order valence-corrected chi connectivity index (χ2v) is 8.94. The SMILES string of the molecule is CC(C)CC(C)(C)c1cccc(C(C)(C)C(C)(C)C)c1. The molecule has 0 aliphatic rings. The largest absolute Gasteiger partial charge is 0.0627 e. The summed E-state index contributed by atoms with van der Waals surface area (Å²) in [7, 11) is 0. The highest BCUT2D eigenvalue weighted by atomic mass is 14.4. The third-order valence-electron chi connectivity index (χ3n) is 5.16. The minimum Gasteiger partial charge on any atom is -0.0627 e. The molecule has 0 radical (unpaired) electrons. The standard InChI is InChI=1S/C20H34/c1-15(2)14-19(6,7)16-11-10-12-17(13-16)20(8,9)18(3,4)5/h10-13,15H,14H2,1-9H3. The predicted octanol–water partition coefficient (Wildman–Crippen LogP) is 6.33. The molecule has 1 aromatic carbocycles. The third kappa shape index (κ3) is 3.65. The van der Waals surface area contributed by atoms with E-state index < -0.39 is 0 Å². The first-order valence-corrected chi connectivity index (χ1v) is 7.99. The maximum Gasteiger partial charge on any atom is -0.00550 e. The van der Waals surface area contributed by atoms with Crippen LogP contribution in [-0.4, -0.2) is 0 Å². The Morgan fingerprint density at radius 1 is 0.850 bits per heavy atom. The van der Waals surface area contributed by atoms with Crippen LogP contribution in [0.15, 0.2) is 24.3 Å². The van der Waals surface area contributed by atoms with Gasteiger partial charge in [0, 0.05) is 0 Å². The lowest BCUT2D eigenvalue weighted by Gasteiger charge is -2.40. The minimum absolute atomic E-state index is 0.178. The van der Waals surface area contributed by atoms with Crippen molar-refractivity contribution in [3.8, 4) is 0 Å². The molecule has 0 spiro atoms. The molecule has 0 nitrogen and oxygen atoms in total. The maximum absolute atomic E-state index is 2.44. The highest BCUT2D eigenvalue weighted by Gasteiger charge is 2.35. The van der Waals surface area contributed by atoms with E-state index in [1.807, 2.05) is 0 Å². The van der Waals surface area contributed by atoms with Gasteiger partial charge in [-0.3, -0.25) is 0 Å². The van der Waals surface area contributed by atoms with Crippen molar-refractivity contribution in [2.45, 2.75) is 79.6 Å². The van der Waals surface area contributed by atoms with Crippen molar-refractivity contribution in [3.05, 3.63) is 35.4 Å². The van der Waals surface area contributed by atoms with Gasteiger partial charge in [-0.25, -0.2) is 0 Å². The molecule has 20 heavy (non-hydrogen) atoms. The number of rotatable bonds is 4. The predicted molar refractivity (Wildman–Crippen MR) is 91.4 cm³/mol. The first kappa shape index (κ1) is 17.3. The Labute approximate surface area is 127 Å². The van der Waals surface area contributed by atoms with Gasteiger partial charge < -0.3 is 0 Å². The smallest absolute Gasteiger partial charge is 0.00550 e. The molecule has 0 saturated heterocycles. The highest BCUT2D eigenvalue weighted by Crippen LogP contribution is 2.42. The second-order valence-electron chi connectivity index (χ2n) is 8.94. The normalized spacial score (nSPS) is 13.9. The van der Waals surface area contributed by atoms with Gasteiger partial charge in [0.15, 0.2) is 0 Å².